The van der Waals surface area contributed by atoms with Crippen LogP contribution in [0.25, 0.3) is 0 Å². The maximum absolute atomic E-state index is 8.47. The third-order valence-electron chi connectivity index (χ3n) is 1.53. The SMILES string of the molecule is CNC1C[C@@H]1CO. The third-order valence-corrected chi connectivity index (χ3v) is 1.53. The minimum atomic E-state index is 0.353. The van der Waals surface area contributed by atoms with Crippen LogP contribution in [0.5, 0.6) is 0 Å². The van der Waals surface area contributed by atoms with Crippen molar-refractivity contribution in [2.24, 2.45) is 5.92 Å². The molecule has 2 N–H and O–H groups in total. The lowest BCUT2D eigenvalue weighted by Crippen LogP contribution is -2.11. The predicted octanol–water partition coefficient (Wildman–Crippen LogP) is -0.413. The maximum Gasteiger partial charge on any atom is 0.0474 e. The Morgan fingerprint density at radius 1 is 1.86 bits per heavy atom. The summed E-state index contributed by atoms with van der Waals surface area (Å²) < 4.78 is 0. The zero-order chi connectivity index (χ0) is 5.28. The summed E-state index contributed by atoms with van der Waals surface area (Å²) in [7, 11) is 1.93. The molecule has 42 valence electrons. The molecule has 0 bridgehead atoms. The van der Waals surface area contributed by atoms with Crippen LogP contribution < -0.4 is 5.32 Å². The monoisotopic (exact) mass is 101 g/mol. The molecule has 2 heteroatoms. The largest absolute Gasteiger partial charge is 0.396 e. The first kappa shape index (κ1) is 5.06. The van der Waals surface area contributed by atoms with Crippen molar-refractivity contribution in [2.75, 3.05) is 13.7 Å². The summed E-state index contributed by atoms with van der Waals surface area (Å²) in [4.78, 5) is 0. The number of rotatable bonds is 2. The molecule has 1 unspecified atom stereocenters. The summed E-state index contributed by atoms with van der Waals surface area (Å²) in [5.41, 5.74) is 0. The average Bonchev–Trinajstić information content (AvgIpc) is 2.43. The lowest BCUT2D eigenvalue weighted by Gasteiger charge is -1.88. The Morgan fingerprint density at radius 2 is 2.57 bits per heavy atom. The molecule has 0 aromatic heterocycles. The quantitative estimate of drug-likeness (QED) is 0.495. The molecule has 1 aliphatic rings. The van der Waals surface area contributed by atoms with Gasteiger partial charge in [0.05, 0.1) is 0 Å². The van der Waals surface area contributed by atoms with Crippen molar-refractivity contribution in [3.8, 4) is 0 Å². The van der Waals surface area contributed by atoms with Crippen LogP contribution >= 0.6 is 0 Å². The van der Waals surface area contributed by atoms with E-state index in [0.717, 1.165) is 6.42 Å². The number of aliphatic hydroxyl groups excluding tert-OH is 1. The van der Waals surface area contributed by atoms with Crippen LogP contribution in [0, 0.1) is 5.92 Å². The number of hydrogen-bond acceptors (Lipinski definition) is 2. The van der Waals surface area contributed by atoms with E-state index in [9.17, 15) is 0 Å². The number of hydrogen-bond donors (Lipinski definition) is 2. The van der Waals surface area contributed by atoms with E-state index in [1.165, 1.54) is 0 Å². The van der Waals surface area contributed by atoms with Gasteiger partial charge < -0.3 is 10.4 Å². The molecular weight excluding hydrogens is 90.1 g/mol. The molecule has 0 aromatic rings. The molecule has 2 nitrogen and oxygen atoms in total. The van der Waals surface area contributed by atoms with Crippen LogP contribution in [0.1, 0.15) is 6.42 Å². The molecule has 7 heavy (non-hydrogen) atoms. The van der Waals surface area contributed by atoms with Gasteiger partial charge in [0.2, 0.25) is 0 Å². The fourth-order valence-electron chi connectivity index (χ4n) is 0.803. The Hall–Kier alpha value is -0.0800. The van der Waals surface area contributed by atoms with Gasteiger partial charge >= 0.3 is 0 Å². The lowest BCUT2D eigenvalue weighted by atomic mass is 10.4. The highest BCUT2D eigenvalue weighted by Crippen LogP contribution is 2.28. The molecule has 1 rings (SSSR count). The summed E-state index contributed by atoms with van der Waals surface area (Å²) in [6, 6.07) is 0.616. The van der Waals surface area contributed by atoms with E-state index in [2.05, 4.69) is 5.32 Å². The smallest absolute Gasteiger partial charge is 0.0474 e. The average molecular weight is 101 g/mol. The van der Waals surface area contributed by atoms with Crippen molar-refractivity contribution >= 4 is 0 Å². The maximum atomic E-state index is 8.47. The Labute approximate surface area is 43.5 Å². The minimum Gasteiger partial charge on any atom is -0.396 e. The zero-order valence-corrected chi connectivity index (χ0v) is 4.52. The van der Waals surface area contributed by atoms with Gasteiger partial charge in [0.1, 0.15) is 0 Å². The second-order valence-electron chi connectivity index (χ2n) is 2.07. The van der Waals surface area contributed by atoms with Gasteiger partial charge in [-0.1, -0.05) is 0 Å². The van der Waals surface area contributed by atoms with Gasteiger partial charge in [-0.2, -0.15) is 0 Å². The van der Waals surface area contributed by atoms with E-state index >= 15 is 0 Å². The molecule has 0 heterocycles. The van der Waals surface area contributed by atoms with Crippen LogP contribution in [0.3, 0.4) is 0 Å². The van der Waals surface area contributed by atoms with Gasteiger partial charge in [-0.05, 0) is 19.4 Å². The second-order valence-corrected chi connectivity index (χ2v) is 2.07. The third kappa shape index (κ3) is 0.924. The number of aliphatic hydroxyl groups is 1. The van der Waals surface area contributed by atoms with Crippen LogP contribution in [0.15, 0.2) is 0 Å². The van der Waals surface area contributed by atoms with Gasteiger partial charge in [0.15, 0.2) is 0 Å². The Morgan fingerprint density at radius 3 is 2.71 bits per heavy atom. The van der Waals surface area contributed by atoms with Gasteiger partial charge in [-0.15, -0.1) is 0 Å². The summed E-state index contributed by atoms with van der Waals surface area (Å²) >= 11 is 0. The van der Waals surface area contributed by atoms with Gasteiger partial charge in [0.25, 0.3) is 0 Å². The van der Waals surface area contributed by atoms with Crippen molar-refractivity contribution in [1.29, 1.82) is 0 Å². The Kier molecular flexibility index (Phi) is 1.30. The molecule has 1 fully saturated rings. The van der Waals surface area contributed by atoms with E-state index in [4.69, 9.17) is 5.11 Å². The first-order valence-corrected chi connectivity index (χ1v) is 2.66. The van der Waals surface area contributed by atoms with Crippen molar-refractivity contribution in [2.45, 2.75) is 12.5 Å². The molecule has 0 spiro atoms. The number of nitrogens with one attached hydrogen (secondary N) is 1. The van der Waals surface area contributed by atoms with E-state index in [0.29, 0.717) is 18.6 Å². The van der Waals surface area contributed by atoms with Crippen LogP contribution in [0.4, 0.5) is 0 Å². The minimum absolute atomic E-state index is 0.353. The summed E-state index contributed by atoms with van der Waals surface area (Å²) in [5.74, 6) is 0.560. The van der Waals surface area contributed by atoms with Crippen molar-refractivity contribution < 1.29 is 5.11 Å². The van der Waals surface area contributed by atoms with E-state index in [1.54, 1.807) is 0 Å². The van der Waals surface area contributed by atoms with E-state index in [-0.39, 0.29) is 0 Å². The highest BCUT2D eigenvalue weighted by molar-refractivity contribution is 4.90. The Balaban J connectivity index is 2.06. The summed E-state index contributed by atoms with van der Waals surface area (Å²) in [5, 5.41) is 11.5. The molecule has 2 atom stereocenters. The summed E-state index contributed by atoms with van der Waals surface area (Å²) in [6.45, 7) is 0.353. The first-order valence-electron chi connectivity index (χ1n) is 2.66. The molecule has 0 aromatic carbocycles. The van der Waals surface area contributed by atoms with Gasteiger partial charge in [-0.3, -0.25) is 0 Å². The van der Waals surface area contributed by atoms with Crippen molar-refractivity contribution in [1.82, 2.24) is 5.32 Å². The molecule has 0 saturated heterocycles. The Bertz CT molecular complexity index is 57.1. The van der Waals surface area contributed by atoms with E-state index < -0.39 is 0 Å². The van der Waals surface area contributed by atoms with E-state index in [1.807, 2.05) is 7.05 Å². The molecule has 1 aliphatic carbocycles. The van der Waals surface area contributed by atoms with Crippen molar-refractivity contribution in [3.63, 3.8) is 0 Å². The second kappa shape index (κ2) is 1.80. The zero-order valence-electron chi connectivity index (χ0n) is 4.52. The van der Waals surface area contributed by atoms with Crippen LogP contribution in [-0.2, 0) is 0 Å². The normalized spacial score (nSPS) is 38.6. The van der Waals surface area contributed by atoms with Crippen LogP contribution in [-0.4, -0.2) is 24.8 Å². The molecule has 1 saturated carbocycles. The fourth-order valence-corrected chi connectivity index (χ4v) is 0.803. The molecule has 0 aliphatic heterocycles. The fraction of sp³-hybridized carbons (Fsp3) is 1.00. The predicted molar refractivity (Wildman–Crippen MR) is 28.0 cm³/mol. The highest BCUT2D eigenvalue weighted by atomic mass is 16.3. The topological polar surface area (TPSA) is 32.3 Å². The highest BCUT2D eigenvalue weighted by Gasteiger charge is 2.34. The first-order chi connectivity index (χ1) is 3.38. The molecule has 0 radical (unpaired) electrons. The van der Waals surface area contributed by atoms with Crippen LogP contribution in [0.2, 0.25) is 0 Å². The standard InChI is InChI=1S/C5H11NO/c1-6-5-2-4(5)3-7/h4-7H,2-3H2,1H3/t4-,5?/m1/s1. The summed E-state index contributed by atoms with van der Waals surface area (Å²) in [6.07, 6.45) is 1.16. The van der Waals surface area contributed by atoms with Gasteiger partial charge in [-0.25, -0.2) is 0 Å². The lowest BCUT2D eigenvalue weighted by molar-refractivity contribution is 0.272. The van der Waals surface area contributed by atoms with Gasteiger partial charge in [0, 0.05) is 12.6 Å². The molecule has 0 amide bonds. The van der Waals surface area contributed by atoms with Crippen molar-refractivity contribution in [3.05, 3.63) is 0 Å². The molecular formula is C5H11NO.